The van der Waals surface area contributed by atoms with Gasteiger partial charge in [-0.25, -0.2) is 0 Å². The van der Waals surface area contributed by atoms with Crippen molar-refractivity contribution in [2.24, 2.45) is 0 Å². The molecule has 1 aliphatic heterocycles. The molecule has 0 unspecified atom stereocenters. The molecule has 0 bridgehead atoms. The quantitative estimate of drug-likeness (QED) is 0.685. The van der Waals surface area contributed by atoms with E-state index in [4.69, 9.17) is 0 Å². The Kier molecular flexibility index (Phi) is 5.61. The molecule has 1 aliphatic rings. The van der Waals surface area contributed by atoms with Crippen molar-refractivity contribution in [3.05, 3.63) is 0 Å². The Morgan fingerprint density at radius 1 is 1.10 bits per heavy atom. The monoisotopic (exact) mass is 312 g/mol. The minimum atomic E-state index is 0. The van der Waals surface area contributed by atoms with E-state index in [1.165, 1.54) is 32.7 Å². The first-order valence-electron chi connectivity index (χ1n) is 3.74. The van der Waals surface area contributed by atoms with E-state index in [1.54, 1.807) is 0 Å². The molecule has 60 valence electrons. The third-order valence-corrected chi connectivity index (χ3v) is 2.04. The van der Waals surface area contributed by atoms with Crippen LogP contribution in [-0.4, -0.2) is 49.6 Å². The number of hydrogen-bond donors (Lipinski definition) is 0. The Labute approximate surface area is 77.8 Å². The molecular weight excluding hydrogens is 296 g/mol. The van der Waals surface area contributed by atoms with Crippen LogP contribution in [-0.2, 0) is 21.1 Å². The molecule has 0 aliphatic carbocycles. The first-order chi connectivity index (χ1) is 4.33. The van der Waals surface area contributed by atoms with E-state index in [0.29, 0.717) is 0 Å². The smallest absolute Gasteiger partial charge is 0.0110 e. The molecular formula is C7H16N2W. The van der Waals surface area contributed by atoms with Gasteiger partial charge in [0.2, 0.25) is 0 Å². The van der Waals surface area contributed by atoms with Gasteiger partial charge in [-0.05, 0) is 13.6 Å². The van der Waals surface area contributed by atoms with Gasteiger partial charge in [0.15, 0.2) is 0 Å². The van der Waals surface area contributed by atoms with Gasteiger partial charge in [-0.2, -0.15) is 0 Å². The van der Waals surface area contributed by atoms with Crippen LogP contribution in [0.5, 0.6) is 0 Å². The summed E-state index contributed by atoms with van der Waals surface area (Å²) in [5, 5.41) is 0. The molecule has 0 atom stereocenters. The minimum Gasteiger partial charge on any atom is -0.304 e. The maximum Gasteiger partial charge on any atom is 0.0110 e. The van der Waals surface area contributed by atoms with Crippen molar-refractivity contribution in [3.8, 4) is 0 Å². The first-order valence-corrected chi connectivity index (χ1v) is 3.74. The zero-order valence-corrected chi connectivity index (χ0v) is 9.77. The molecule has 1 saturated heterocycles. The Morgan fingerprint density at radius 2 is 1.60 bits per heavy atom. The van der Waals surface area contributed by atoms with E-state index in [0.717, 1.165) is 0 Å². The van der Waals surface area contributed by atoms with Crippen molar-refractivity contribution in [2.45, 2.75) is 6.92 Å². The summed E-state index contributed by atoms with van der Waals surface area (Å²) >= 11 is 0. The molecule has 0 saturated carbocycles. The first kappa shape index (κ1) is 10.6. The second kappa shape index (κ2) is 5.28. The van der Waals surface area contributed by atoms with Gasteiger partial charge in [0.05, 0.1) is 0 Å². The van der Waals surface area contributed by atoms with Crippen LogP contribution in [0.3, 0.4) is 0 Å². The van der Waals surface area contributed by atoms with Gasteiger partial charge in [-0.3, -0.25) is 0 Å². The standard InChI is InChI=1S/C7H16N2.W/c1-3-9-6-4-8(2)5-7-9;/h3-7H2,1-2H3;. The fourth-order valence-electron chi connectivity index (χ4n) is 1.16. The predicted octanol–water partition coefficient (Wildman–Crippen LogP) is 0.251. The number of piperazine rings is 1. The van der Waals surface area contributed by atoms with E-state index in [2.05, 4.69) is 23.8 Å². The Balaban J connectivity index is 0.000000810. The summed E-state index contributed by atoms with van der Waals surface area (Å²) in [5.74, 6) is 0. The second-order valence-corrected chi connectivity index (χ2v) is 2.74. The van der Waals surface area contributed by atoms with Crippen molar-refractivity contribution in [1.29, 1.82) is 0 Å². The molecule has 0 spiro atoms. The molecule has 2 nitrogen and oxygen atoms in total. The van der Waals surface area contributed by atoms with E-state index in [-0.39, 0.29) is 21.1 Å². The zero-order valence-electron chi connectivity index (χ0n) is 6.84. The van der Waals surface area contributed by atoms with Crippen molar-refractivity contribution >= 4 is 0 Å². The third-order valence-electron chi connectivity index (χ3n) is 2.04. The summed E-state index contributed by atoms with van der Waals surface area (Å²) < 4.78 is 0. The van der Waals surface area contributed by atoms with E-state index >= 15 is 0 Å². The molecule has 10 heavy (non-hydrogen) atoms. The number of likely N-dealkylation sites (N-methyl/N-ethyl adjacent to an activating group) is 2. The normalized spacial score (nSPS) is 22.2. The molecule has 0 amide bonds. The number of nitrogens with zero attached hydrogens (tertiary/aromatic N) is 2. The van der Waals surface area contributed by atoms with Crippen molar-refractivity contribution in [2.75, 3.05) is 39.8 Å². The third kappa shape index (κ3) is 3.13. The van der Waals surface area contributed by atoms with Gasteiger partial charge in [0.1, 0.15) is 0 Å². The van der Waals surface area contributed by atoms with Gasteiger partial charge in [-0.15, -0.1) is 0 Å². The van der Waals surface area contributed by atoms with Crippen LogP contribution in [0.25, 0.3) is 0 Å². The van der Waals surface area contributed by atoms with Crippen molar-refractivity contribution in [3.63, 3.8) is 0 Å². The molecule has 0 radical (unpaired) electrons. The summed E-state index contributed by atoms with van der Waals surface area (Å²) in [7, 11) is 2.19. The average molecular weight is 312 g/mol. The van der Waals surface area contributed by atoms with Gasteiger partial charge in [0, 0.05) is 47.2 Å². The maximum absolute atomic E-state index is 2.49. The largest absolute Gasteiger partial charge is 0.304 e. The zero-order chi connectivity index (χ0) is 6.69. The summed E-state index contributed by atoms with van der Waals surface area (Å²) in [6, 6.07) is 0. The van der Waals surface area contributed by atoms with Crippen LogP contribution >= 0.6 is 0 Å². The van der Waals surface area contributed by atoms with Crippen LogP contribution in [0.2, 0.25) is 0 Å². The molecule has 1 fully saturated rings. The maximum atomic E-state index is 2.49. The van der Waals surface area contributed by atoms with Gasteiger partial charge in [0.25, 0.3) is 0 Å². The summed E-state index contributed by atoms with van der Waals surface area (Å²) in [6.07, 6.45) is 0. The van der Waals surface area contributed by atoms with Crippen molar-refractivity contribution < 1.29 is 21.1 Å². The number of rotatable bonds is 1. The van der Waals surface area contributed by atoms with Gasteiger partial charge in [-0.1, -0.05) is 6.92 Å². The topological polar surface area (TPSA) is 6.48 Å². The Bertz CT molecular complexity index is 79.7. The fourth-order valence-corrected chi connectivity index (χ4v) is 1.16. The Hall–Kier alpha value is 0.608. The summed E-state index contributed by atoms with van der Waals surface area (Å²) in [5.41, 5.74) is 0. The van der Waals surface area contributed by atoms with Gasteiger partial charge < -0.3 is 9.80 Å². The van der Waals surface area contributed by atoms with Gasteiger partial charge >= 0.3 is 0 Å². The van der Waals surface area contributed by atoms with Crippen LogP contribution in [0, 0.1) is 0 Å². The molecule has 0 N–H and O–H groups in total. The minimum absolute atomic E-state index is 0. The molecule has 0 aromatic rings. The van der Waals surface area contributed by atoms with E-state index in [9.17, 15) is 0 Å². The number of hydrogen-bond acceptors (Lipinski definition) is 2. The van der Waals surface area contributed by atoms with Crippen LogP contribution in [0.1, 0.15) is 6.92 Å². The molecule has 1 heterocycles. The van der Waals surface area contributed by atoms with E-state index in [1.807, 2.05) is 0 Å². The second-order valence-electron chi connectivity index (χ2n) is 2.74. The molecule has 1 rings (SSSR count). The Morgan fingerprint density at radius 3 is 2.00 bits per heavy atom. The van der Waals surface area contributed by atoms with Crippen LogP contribution < -0.4 is 0 Å². The average Bonchev–Trinajstić information content (AvgIpc) is 1.90. The molecule has 3 heteroatoms. The molecule has 0 aromatic carbocycles. The summed E-state index contributed by atoms with van der Waals surface area (Å²) in [6.45, 7) is 8.45. The fraction of sp³-hybridized carbons (Fsp3) is 1.00. The predicted molar refractivity (Wildman–Crippen MR) is 39.6 cm³/mol. The molecule has 0 aromatic heterocycles. The summed E-state index contributed by atoms with van der Waals surface area (Å²) in [4.78, 5) is 4.87. The van der Waals surface area contributed by atoms with Crippen LogP contribution in [0.15, 0.2) is 0 Å². The van der Waals surface area contributed by atoms with Crippen molar-refractivity contribution in [1.82, 2.24) is 9.80 Å². The van der Waals surface area contributed by atoms with E-state index < -0.39 is 0 Å². The van der Waals surface area contributed by atoms with Crippen LogP contribution in [0.4, 0.5) is 0 Å². The SMILES string of the molecule is CCN1CCN(C)CC1.[W].